The molecule has 0 aromatic heterocycles. The Hall–Kier alpha value is -0.580. The number of anilines is 1. The van der Waals surface area contributed by atoms with Crippen molar-refractivity contribution in [3.8, 4) is 0 Å². The van der Waals surface area contributed by atoms with E-state index in [4.69, 9.17) is 0 Å². The summed E-state index contributed by atoms with van der Waals surface area (Å²) in [6, 6.07) is 6.55. The summed E-state index contributed by atoms with van der Waals surface area (Å²) >= 11 is 3.65. The Bertz CT molecular complexity index is 425. The van der Waals surface area contributed by atoms with Gasteiger partial charge in [-0.05, 0) is 36.6 Å². The molecule has 2 unspecified atom stereocenters. The van der Waals surface area contributed by atoms with E-state index in [0.29, 0.717) is 5.92 Å². The van der Waals surface area contributed by atoms with Gasteiger partial charge in [0.2, 0.25) is 0 Å². The summed E-state index contributed by atoms with van der Waals surface area (Å²) in [6.45, 7) is 7.97. The van der Waals surface area contributed by atoms with Crippen LogP contribution in [0.3, 0.4) is 0 Å². The fraction of sp³-hybridized carbons (Fsp3) is 0.600. The van der Waals surface area contributed by atoms with E-state index in [9.17, 15) is 5.11 Å². The van der Waals surface area contributed by atoms with Crippen molar-refractivity contribution < 1.29 is 5.11 Å². The van der Waals surface area contributed by atoms with Crippen LogP contribution in [0.1, 0.15) is 25.8 Å². The quantitative estimate of drug-likeness (QED) is 0.893. The minimum absolute atomic E-state index is 0.146. The third-order valence-corrected chi connectivity index (χ3v) is 4.57. The van der Waals surface area contributed by atoms with Crippen LogP contribution in [0.4, 0.5) is 5.69 Å². The molecular formula is C15H23BrN2O. The molecule has 1 aliphatic rings. The third-order valence-electron chi connectivity index (χ3n) is 3.83. The van der Waals surface area contributed by atoms with Crippen LogP contribution < -0.4 is 10.2 Å². The number of halogens is 1. The van der Waals surface area contributed by atoms with E-state index >= 15 is 0 Å². The molecular weight excluding hydrogens is 304 g/mol. The van der Waals surface area contributed by atoms with Crippen LogP contribution in [0.25, 0.3) is 0 Å². The number of aliphatic hydroxyl groups is 1. The lowest BCUT2D eigenvalue weighted by Gasteiger charge is -2.36. The normalized spacial score (nSPS) is 23.7. The molecule has 2 atom stereocenters. The average molecular weight is 327 g/mol. The number of piperidine rings is 1. The SMILES string of the molecule is CCNCc1ccc(N2CCC(O)C(C)C2)cc1Br. The summed E-state index contributed by atoms with van der Waals surface area (Å²) in [7, 11) is 0. The molecule has 1 aromatic rings. The van der Waals surface area contributed by atoms with Crippen molar-refractivity contribution in [1.29, 1.82) is 0 Å². The van der Waals surface area contributed by atoms with E-state index in [1.54, 1.807) is 0 Å². The molecule has 2 rings (SSSR count). The first-order valence-electron chi connectivity index (χ1n) is 7.04. The monoisotopic (exact) mass is 326 g/mol. The van der Waals surface area contributed by atoms with Crippen molar-refractivity contribution in [3.63, 3.8) is 0 Å². The first kappa shape index (κ1) is 14.8. The van der Waals surface area contributed by atoms with Gasteiger partial charge in [-0.3, -0.25) is 0 Å². The zero-order valence-corrected chi connectivity index (χ0v) is 13.3. The smallest absolute Gasteiger partial charge is 0.0599 e. The summed E-state index contributed by atoms with van der Waals surface area (Å²) in [6.07, 6.45) is 0.713. The number of hydrogen-bond donors (Lipinski definition) is 2. The first-order valence-corrected chi connectivity index (χ1v) is 7.83. The van der Waals surface area contributed by atoms with Crippen LogP contribution in [0, 0.1) is 5.92 Å². The van der Waals surface area contributed by atoms with Gasteiger partial charge in [0.25, 0.3) is 0 Å². The molecule has 1 heterocycles. The predicted molar refractivity (Wildman–Crippen MR) is 83.5 cm³/mol. The Morgan fingerprint density at radius 3 is 2.89 bits per heavy atom. The highest BCUT2D eigenvalue weighted by Crippen LogP contribution is 2.28. The van der Waals surface area contributed by atoms with Gasteiger partial charge in [0.05, 0.1) is 6.10 Å². The molecule has 0 amide bonds. The predicted octanol–water partition coefficient (Wildman–Crippen LogP) is 2.77. The second kappa shape index (κ2) is 6.73. The first-order chi connectivity index (χ1) is 9.11. The maximum Gasteiger partial charge on any atom is 0.0599 e. The van der Waals surface area contributed by atoms with E-state index in [1.165, 1.54) is 11.3 Å². The van der Waals surface area contributed by atoms with Crippen LogP contribution in [0.15, 0.2) is 22.7 Å². The second-order valence-electron chi connectivity index (χ2n) is 5.34. The van der Waals surface area contributed by atoms with E-state index in [0.717, 1.165) is 37.1 Å². The Morgan fingerprint density at radius 2 is 2.26 bits per heavy atom. The number of rotatable bonds is 4. The molecule has 2 N–H and O–H groups in total. The molecule has 1 fully saturated rings. The van der Waals surface area contributed by atoms with Gasteiger partial charge in [0, 0.05) is 29.8 Å². The third kappa shape index (κ3) is 3.71. The number of benzene rings is 1. The topological polar surface area (TPSA) is 35.5 Å². The van der Waals surface area contributed by atoms with Gasteiger partial charge in [-0.2, -0.15) is 0 Å². The molecule has 3 nitrogen and oxygen atoms in total. The van der Waals surface area contributed by atoms with E-state index < -0.39 is 0 Å². The largest absolute Gasteiger partial charge is 0.393 e. The van der Waals surface area contributed by atoms with Gasteiger partial charge in [-0.25, -0.2) is 0 Å². The molecule has 1 aliphatic heterocycles. The lowest BCUT2D eigenvalue weighted by Crippen LogP contribution is -2.41. The van der Waals surface area contributed by atoms with Gasteiger partial charge in [0.15, 0.2) is 0 Å². The molecule has 4 heteroatoms. The molecule has 19 heavy (non-hydrogen) atoms. The maximum atomic E-state index is 9.79. The van der Waals surface area contributed by atoms with Crippen molar-refractivity contribution >= 4 is 21.6 Å². The minimum atomic E-state index is -0.146. The molecule has 0 aliphatic carbocycles. The molecule has 1 saturated heterocycles. The zero-order valence-electron chi connectivity index (χ0n) is 11.7. The van der Waals surface area contributed by atoms with Crippen molar-refractivity contribution in [1.82, 2.24) is 5.32 Å². The van der Waals surface area contributed by atoms with Crippen molar-refractivity contribution in [2.24, 2.45) is 5.92 Å². The second-order valence-corrected chi connectivity index (χ2v) is 6.19. The van der Waals surface area contributed by atoms with Crippen LogP contribution in [-0.2, 0) is 6.54 Å². The lowest BCUT2D eigenvalue weighted by atomic mass is 9.96. The number of nitrogens with one attached hydrogen (secondary N) is 1. The Labute approximate surface area is 124 Å². The molecule has 0 radical (unpaired) electrons. The zero-order chi connectivity index (χ0) is 13.8. The van der Waals surface area contributed by atoms with Crippen molar-refractivity contribution in [2.75, 3.05) is 24.5 Å². The summed E-state index contributed by atoms with van der Waals surface area (Å²) < 4.78 is 1.16. The fourth-order valence-electron chi connectivity index (χ4n) is 2.50. The highest BCUT2D eigenvalue weighted by molar-refractivity contribution is 9.10. The van der Waals surface area contributed by atoms with Gasteiger partial charge < -0.3 is 15.3 Å². The van der Waals surface area contributed by atoms with Gasteiger partial charge in [-0.15, -0.1) is 0 Å². The van der Waals surface area contributed by atoms with Gasteiger partial charge in [-0.1, -0.05) is 35.8 Å². The van der Waals surface area contributed by atoms with Crippen molar-refractivity contribution in [2.45, 2.75) is 32.9 Å². The summed E-state index contributed by atoms with van der Waals surface area (Å²) in [5, 5.41) is 13.1. The molecule has 0 spiro atoms. The average Bonchev–Trinajstić information content (AvgIpc) is 2.40. The Morgan fingerprint density at radius 1 is 1.47 bits per heavy atom. The number of aliphatic hydroxyl groups excluding tert-OH is 1. The Balaban J connectivity index is 2.07. The minimum Gasteiger partial charge on any atom is -0.393 e. The van der Waals surface area contributed by atoms with E-state index in [2.05, 4.69) is 58.2 Å². The molecule has 106 valence electrons. The van der Waals surface area contributed by atoms with Crippen molar-refractivity contribution in [3.05, 3.63) is 28.2 Å². The maximum absolute atomic E-state index is 9.79. The summed E-state index contributed by atoms with van der Waals surface area (Å²) in [4.78, 5) is 2.36. The number of hydrogen-bond acceptors (Lipinski definition) is 3. The van der Waals surface area contributed by atoms with Crippen LogP contribution in [0.2, 0.25) is 0 Å². The van der Waals surface area contributed by atoms with Crippen LogP contribution >= 0.6 is 15.9 Å². The molecule has 1 aromatic carbocycles. The molecule has 0 saturated carbocycles. The van der Waals surface area contributed by atoms with E-state index in [-0.39, 0.29) is 6.10 Å². The summed E-state index contributed by atoms with van der Waals surface area (Å²) in [5.74, 6) is 0.342. The van der Waals surface area contributed by atoms with Gasteiger partial charge in [0.1, 0.15) is 0 Å². The van der Waals surface area contributed by atoms with Gasteiger partial charge >= 0.3 is 0 Å². The standard InChI is InChI=1S/C15H23BrN2O/c1-3-17-9-12-4-5-13(8-14(12)16)18-7-6-15(19)11(2)10-18/h4-5,8,11,15,17,19H,3,6-7,9-10H2,1-2H3. The van der Waals surface area contributed by atoms with Crippen LogP contribution in [-0.4, -0.2) is 30.8 Å². The Kier molecular flexibility index (Phi) is 5.25. The molecule has 0 bridgehead atoms. The lowest BCUT2D eigenvalue weighted by molar-refractivity contribution is 0.0971. The van der Waals surface area contributed by atoms with E-state index in [1.807, 2.05) is 0 Å². The summed E-state index contributed by atoms with van der Waals surface area (Å²) in [5.41, 5.74) is 2.53. The van der Waals surface area contributed by atoms with Crippen LogP contribution in [0.5, 0.6) is 0 Å². The highest BCUT2D eigenvalue weighted by Gasteiger charge is 2.24. The number of nitrogens with zero attached hydrogens (tertiary/aromatic N) is 1. The fourth-order valence-corrected chi connectivity index (χ4v) is 3.01. The highest BCUT2D eigenvalue weighted by atomic mass is 79.9.